The SMILES string of the molecule is CCCCc1ccc(OCC=O)cc1. The van der Waals surface area contributed by atoms with E-state index in [0.29, 0.717) is 0 Å². The van der Waals surface area contributed by atoms with Gasteiger partial charge in [0, 0.05) is 0 Å². The van der Waals surface area contributed by atoms with E-state index in [0.717, 1.165) is 18.5 Å². The van der Waals surface area contributed by atoms with Gasteiger partial charge in [-0.3, -0.25) is 4.79 Å². The predicted octanol–water partition coefficient (Wildman–Crippen LogP) is 2.61. The normalized spacial score (nSPS) is 9.79. The van der Waals surface area contributed by atoms with Gasteiger partial charge < -0.3 is 4.74 Å². The summed E-state index contributed by atoms with van der Waals surface area (Å²) in [5.74, 6) is 0.761. The van der Waals surface area contributed by atoms with Crippen LogP contribution in [0.15, 0.2) is 24.3 Å². The lowest BCUT2D eigenvalue weighted by Crippen LogP contribution is -1.97. The van der Waals surface area contributed by atoms with Crippen LogP contribution in [0.25, 0.3) is 0 Å². The topological polar surface area (TPSA) is 26.3 Å². The molecule has 0 N–H and O–H groups in total. The van der Waals surface area contributed by atoms with Crippen LogP contribution < -0.4 is 4.74 Å². The van der Waals surface area contributed by atoms with Gasteiger partial charge in [-0.05, 0) is 30.5 Å². The molecule has 0 radical (unpaired) electrons. The van der Waals surface area contributed by atoms with E-state index in [1.165, 1.54) is 18.4 Å². The summed E-state index contributed by atoms with van der Waals surface area (Å²) in [4.78, 5) is 10.1. The number of benzene rings is 1. The number of ether oxygens (including phenoxy) is 1. The number of aryl methyl sites for hydroxylation is 1. The molecule has 1 aromatic carbocycles. The van der Waals surface area contributed by atoms with Crippen LogP contribution in [0, 0.1) is 0 Å². The Morgan fingerprint density at radius 2 is 2.00 bits per heavy atom. The van der Waals surface area contributed by atoms with Gasteiger partial charge in [-0.1, -0.05) is 25.5 Å². The zero-order valence-electron chi connectivity index (χ0n) is 8.53. The monoisotopic (exact) mass is 192 g/mol. The van der Waals surface area contributed by atoms with Crippen LogP contribution in [0.2, 0.25) is 0 Å². The summed E-state index contributed by atoms with van der Waals surface area (Å²) in [5, 5.41) is 0. The zero-order valence-corrected chi connectivity index (χ0v) is 8.53. The summed E-state index contributed by atoms with van der Waals surface area (Å²) >= 11 is 0. The van der Waals surface area contributed by atoms with E-state index in [2.05, 4.69) is 19.1 Å². The minimum Gasteiger partial charge on any atom is -0.486 e. The highest BCUT2D eigenvalue weighted by atomic mass is 16.5. The second kappa shape index (κ2) is 6.19. The van der Waals surface area contributed by atoms with E-state index < -0.39 is 0 Å². The maximum absolute atomic E-state index is 10.1. The highest BCUT2D eigenvalue weighted by Crippen LogP contribution is 2.13. The molecule has 1 rings (SSSR count). The Labute approximate surface area is 84.9 Å². The molecule has 0 aliphatic heterocycles. The molecule has 0 aromatic heterocycles. The first-order valence-corrected chi connectivity index (χ1v) is 5.02. The van der Waals surface area contributed by atoms with E-state index in [9.17, 15) is 4.79 Å². The van der Waals surface area contributed by atoms with E-state index >= 15 is 0 Å². The number of carbonyl (C=O) groups excluding carboxylic acids is 1. The molecular weight excluding hydrogens is 176 g/mol. The largest absolute Gasteiger partial charge is 0.486 e. The summed E-state index contributed by atoms with van der Waals surface area (Å²) in [6, 6.07) is 7.93. The van der Waals surface area contributed by atoms with E-state index in [4.69, 9.17) is 4.74 Å². The van der Waals surface area contributed by atoms with Gasteiger partial charge in [0.05, 0.1) is 0 Å². The number of carbonyl (C=O) groups is 1. The molecule has 0 heterocycles. The molecular formula is C12H16O2. The fourth-order valence-electron chi connectivity index (χ4n) is 1.26. The Hall–Kier alpha value is -1.31. The second-order valence-electron chi connectivity index (χ2n) is 3.23. The lowest BCUT2D eigenvalue weighted by Gasteiger charge is -2.03. The predicted molar refractivity (Wildman–Crippen MR) is 56.6 cm³/mol. The number of aldehydes is 1. The molecule has 0 bridgehead atoms. The molecule has 0 unspecified atom stereocenters. The van der Waals surface area contributed by atoms with Crippen LogP contribution in [0.4, 0.5) is 0 Å². The number of rotatable bonds is 6. The van der Waals surface area contributed by atoms with Gasteiger partial charge in [-0.2, -0.15) is 0 Å². The summed E-state index contributed by atoms with van der Waals surface area (Å²) in [7, 11) is 0. The van der Waals surface area contributed by atoms with Crippen LogP contribution >= 0.6 is 0 Å². The Balaban J connectivity index is 2.46. The smallest absolute Gasteiger partial charge is 0.157 e. The second-order valence-corrected chi connectivity index (χ2v) is 3.23. The lowest BCUT2D eigenvalue weighted by atomic mass is 10.1. The third kappa shape index (κ3) is 3.60. The molecule has 76 valence electrons. The third-order valence-electron chi connectivity index (χ3n) is 2.06. The van der Waals surface area contributed by atoms with Crippen molar-refractivity contribution in [1.29, 1.82) is 0 Å². The van der Waals surface area contributed by atoms with Crippen molar-refractivity contribution in [1.82, 2.24) is 0 Å². The summed E-state index contributed by atoms with van der Waals surface area (Å²) < 4.78 is 5.15. The van der Waals surface area contributed by atoms with Gasteiger partial charge in [0.25, 0.3) is 0 Å². The van der Waals surface area contributed by atoms with E-state index in [1.54, 1.807) is 0 Å². The zero-order chi connectivity index (χ0) is 10.2. The fraction of sp³-hybridized carbons (Fsp3) is 0.417. The molecule has 2 nitrogen and oxygen atoms in total. The molecule has 0 aliphatic rings. The van der Waals surface area contributed by atoms with Crippen molar-refractivity contribution in [2.24, 2.45) is 0 Å². The highest BCUT2D eigenvalue weighted by Gasteiger charge is 1.94. The number of hydrogen-bond donors (Lipinski definition) is 0. The maximum Gasteiger partial charge on any atom is 0.157 e. The van der Waals surface area contributed by atoms with Crippen LogP contribution in [0.3, 0.4) is 0 Å². The Morgan fingerprint density at radius 1 is 1.29 bits per heavy atom. The highest BCUT2D eigenvalue weighted by molar-refractivity contribution is 5.51. The molecule has 2 heteroatoms. The summed E-state index contributed by atoms with van der Waals surface area (Å²) in [6.45, 7) is 2.32. The lowest BCUT2D eigenvalue weighted by molar-refractivity contribution is -0.109. The van der Waals surface area contributed by atoms with Crippen molar-refractivity contribution in [3.05, 3.63) is 29.8 Å². The Bertz CT molecular complexity index is 264. The standard InChI is InChI=1S/C12H16O2/c1-2-3-4-11-5-7-12(8-6-11)14-10-9-13/h5-9H,2-4,10H2,1H3. The minimum absolute atomic E-state index is 0.133. The summed E-state index contributed by atoms with van der Waals surface area (Å²) in [6.07, 6.45) is 4.30. The van der Waals surface area contributed by atoms with Crippen molar-refractivity contribution >= 4 is 6.29 Å². The van der Waals surface area contributed by atoms with Crippen LogP contribution in [-0.2, 0) is 11.2 Å². The van der Waals surface area contributed by atoms with Crippen molar-refractivity contribution < 1.29 is 9.53 Å². The average Bonchev–Trinajstić information content (AvgIpc) is 2.25. The first-order chi connectivity index (χ1) is 6.86. The molecule has 0 atom stereocenters. The maximum atomic E-state index is 10.1. The molecule has 0 spiro atoms. The average molecular weight is 192 g/mol. The van der Waals surface area contributed by atoms with Crippen molar-refractivity contribution in [2.45, 2.75) is 26.2 Å². The van der Waals surface area contributed by atoms with Gasteiger partial charge >= 0.3 is 0 Å². The molecule has 14 heavy (non-hydrogen) atoms. The molecule has 0 amide bonds. The van der Waals surface area contributed by atoms with Crippen LogP contribution in [0.1, 0.15) is 25.3 Å². The van der Waals surface area contributed by atoms with E-state index in [1.807, 2.05) is 12.1 Å². The number of hydrogen-bond acceptors (Lipinski definition) is 2. The first kappa shape index (κ1) is 10.8. The van der Waals surface area contributed by atoms with Crippen LogP contribution in [-0.4, -0.2) is 12.9 Å². The van der Waals surface area contributed by atoms with Crippen LogP contribution in [0.5, 0.6) is 5.75 Å². The summed E-state index contributed by atoms with van der Waals surface area (Å²) in [5.41, 5.74) is 1.32. The van der Waals surface area contributed by atoms with Gasteiger partial charge in [-0.25, -0.2) is 0 Å². The minimum atomic E-state index is 0.133. The molecule has 0 saturated heterocycles. The molecule has 0 saturated carbocycles. The first-order valence-electron chi connectivity index (χ1n) is 5.02. The molecule has 1 aromatic rings. The van der Waals surface area contributed by atoms with Crippen molar-refractivity contribution in [2.75, 3.05) is 6.61 Å². The Kier molecular flexibility index (Phi) is 4.76. The Morgan fingerprint density at radius 3 is 2.57 bits per heavy atom. The number of unbranched alkanes of at least 4 members (excludes halogenated alkanes) is 1. The fourth-order valence-corrected chi connectivity index (χ4v) is 1.26. The van der Waals surface area contributed by atoms with Gasteiger partial charge in [0.15, 0.2) is 6.29 Å². The van der Waals surface area contributed by atoms with Gasteiger partial charge in [0.2, 0.25) is 0 Å². The molecule has 0 aliphatic carbocycles. The van der Waals surface area contributed by atoms with Crippen molar-refractivity contribution in [3.8, 4) is 5.75 Å². The quantitative estimate of drug-likeness (QED) is 0.647. The van der Waals surface area contributed by atoms with Crippen molar-refractivity contribution in [3.63, 3.8) is 0 Å². The molecule has 0 fully saturated rings. The van der Waals surface area contributed by atoms with E-state index in [-0.39, 0.29) is 6.61 Å². The van der Waals surface area contributed by atoms with Gasteiger partial charge in [-0.15, -0.1) is 0 Å². The van der Waals surface area contributed by atoms with Gasteiger partial charge in [0.1, 0.15) is 12.4 Å². The third-order valence-corrected chi connectivity index (χ3v) is 2.06.